The highest BCUT2D eigenvalue weighted by atomic mass is 32.1. The van der Waals surface area contributed by atoms with Gasteiger partial charge in [0.25, 0.3) is 0 Å². The zero-order valence-electron chi connectivity index (χ0n) is 23.5. The second-order valence-electron chi connectivity index (χ2n) is 10.4. The summed E-state index contributed by atoms with van der Waals surface area (Å²) in [6.07, 6.45) is 1.99. The normalized spacial score (nSPS) is 16.5. The number of benzene rings is 2. The number of carbonyl (C=O) groups is 2. The molecule has 3 heterocycles. The molecule has 0 saturated carbocycles. The number of aromatic nitrogens is 2. The van der Waals surface area contributed by atoms with Gasteiger partial charge in [-0.15, -0.1) is 0 Å². The van der Waals surface area contributed by atoms with Crippen LogP contribution in [0.1, 0.15) is 62.6 Å². The van der Waals surface area contributed by atoms with E-state index in [1.54, 1.807) is 18.3 Å². The van der Waals surface area contributed by atoms with Crippen LogP contribution in [0.4, 0.5) is 5.69 Å². The number of hydrogen-bond acceptors (Lipinski definition) is 4. The number of nitrogens with zero attached hydrogens (tertiary/aromatic N) is 3. The Morgan fingerprint density at radius 2 is 1.78 bits per heavy atom. The highest BCUT2D eigenvalue weighted by Crippen LogP contribution is 2.41. The van der Waals surface area contributed by atoms with Crippen molar-refractivity contribution in [2.24, 2.45) is 0 Å². The Labute approximate surface area is 245 Å². The smallest absolute Gasteiger partial charge is 0.337 e. The molecular weight excluding hydrogens is 534 g/mol. The summed E-state index contributed by atoms with van der Waals surface area (Å²) in [5.41, 5.74) is 7.33. The maximum Gasteiger partial charge on any atom is 0.337 e. The maximum atomic E-state index is 13.1. The highest BCUT2D eigenvalue weighted by Gasteiger charge is 2.41. The second-order valence-corrected chi connectivity index (χ2v) is 10.8. The third-order valence-electron chi connectivity index (χ3n) is 7.61. The van der Waals surface area contributed by atoms with Gasteiger partial charge >= 0.3 is 5.97 Å². The minimum Gasteiger partial charge on any atom is -0.478 e. The number of amides is 1. The SMILES string of the molecule is Cc1ccc(C)c(NC(=O)CCN2C(=S)N[C@H](c3ccccn3)[C@H]2c2cc(C)n(-c3ccccc3C(=O)O)c2C)c1. The first-order valence-corrected chi connectivity index (χ1v) is 13.9. The van der Waals surface area contributed by atoms with Gasteiger partial charge in [-0.25, -0.2) is 4.79 Å². The quantitative estimate of drug-likeness (QED) is 0.231. The lowest BCUT2D eigenvalue weighted by Crippen LogP contribution is -2.33. The fourth-order valence-electron chi connectivity index (χ4n) is 5.60. The maximum absolute atomic E-state index is 13.1. The van der Waals surface area contributed by atoms with Crippen LogP contribution in [0, 0.1) is 27.7 Å². The molecule has 0 bridgehead atoms. The fourth-order valence-corrected chi connectivity index (χ4v) is 5.93. The summed E-state index contributed by atoms with van der Waals surface area (Å²) in [7, 11) is 0. The number of pyridine rings is 1. The van der Waals surface area contributed by atoms with Crippen LogP contribution in [0.2, 0.25) is 0 Å². The van der Waals surface area contributed by atoms with Gasteiger partial charge in [0.05, 0.1) is 29.0 Å². The molecule has 3 N–H and O–H groups in total. The van der Waals surface area contributed by atoms with Crippen LogP contribution in [0.5, 0.6) is 0 Å². The van der Waals surface area contributed by atoms with E-state index in [0.717, 1.165) is 39.5 Å². The van der Waals surface area contributed by atoms with Gasteiger partial charge in [0.2, 0.25) is 5.91 Å². The van der Waals surface area contributed by atoms with Crippen LogP contribution in [0.3, 0.4) is 0 Å². The number of carboxylic acid groups (broad SMARTS) is 1. The molecule has 1 amide bonds. The number of carbonyl (C=O) groups excluding carboxylic acids is 1. The van der Waals surface area contributed by atoms with Crippen molar-refractivity contribution < 1.29 is 14.7 Å². The van der Waals surface area contributed by atoms with E-state index >= 15 is 0 Å². The molecule has 0 radical (unpaired) electrons. The Balaban J connectivity index is 1.50. The zero-order valence-corrected chi connectivity index (χ0v) is 24.3. The number of anilines is 1. The van der Waals surface area contributed by atoms with E-state index in [1.807, 2.05) is 85.7 Å². The monoisotopic (exact) mass is 567 g/mol. The molecule has 1 saturated heterocycles. The molecule has 41 heavy (non-hydrogen) atoms. The van der Waals surface area contributed by atoms with Gasteiger partial charge in [-0.05, 0) is 93.0 Å². The topological polar surface area (TPSA) is 99.5 Å². The van der Waals surface area contributed by atoms with Crippen molar-refractivity contribution in [2.75, 3.05) is 11.9 Å². The van der Waals surface area contributed by atoms with E-state index in [9.17, 15) is 14.7 Å². The summed E-state index contributed by atoms with van der Waals surface area (Å²) in [5, 5.41) is 16.9. The lowest BCUT2D eigenvalue weighted by atomic mass is 9.96. The molecule has 210 valence electrons. The minimum atomic E-state index is -0.985. The molecule has 2 atom stereocenters. The van der Waals surface area contributed by atoms with Gasteiger partial charge in [-0.2, -0.15) is 0 Å². The van der Waals surface area contributed by atoms with Crippen LogP contribution in [-0.2, 0) is 4.79 Å². The summed E-state index contributed by atoms with van der Waals surface area (Å²) >= 11 is 5.82. The van der Waals surface area contributed by atoms with Gasteiger partial charge in [-0.3, -0.25) is 9.78 Å². The highest BCUT2D eigenvalue weighted by molar-refractivity contribution is 7.80. The van der Waals surface area contributed by atoms with Crippen molar-refractivity contribution in [2.45, 2.75) is 46.2 Å². The van der Waals surface area contributed by atoms with Crippen LogP contribution < -0.4 is 10.6 Å². The molecule has 5 rings (SSSR count). The van der Waals surface area contributed by atoms with Crippen molar-refractivity contribution in [3.8, 4) is 5.69 Å². The van der Waals surface area contributed by atoms with Crippen LogP contribution >= 0.6 is 12.2 Å². The lowest BCUT2D eigenvalue weighted by Gasteiger charge is -2.28. The number of thiocarbonyl (C=S) groups is 1. The number of hydrogen-bond donors (Lipinski definition) is 3. The Morgan fingerprint density at radius 3 is 2.51 bits per heavy atom. The van der Waals surface area contributed by atoms with Gasteiger partial charge in [0, 0.05) is 36.2 Å². The molecule has 0 spiro atoms. The Hall–Kier alpha value is -4.50. The molecule has 8 nitrogen and oxygen atoms in total. The molecule has 1 fully saturated rings. The first-order valence-electron chi connectivity index (χ1n) is 13.5. The number of aromatic carboxylic acids is 1. The molecule has 2 aromatic carbocycles. The zero-order chi connectivity index (χ0) is 29.3. The van der Waals surface area contributed by atoms with Crippen molar-refractivity contribution in [3.05, 3.63) is 112 Å². The van der Waals surface area contributed by atoms with E-state index in [4.69, 9.17) is 12.2 Å². The number of rotatable bonds is 8. The van der Waals surface area contributed by atoms with E-state index in [-0.39, 0.29) is 30.0 Å². The van der Waals surface area contributed by atoms with Gasteiger partial charge in [0.1, 0.15) is 0 Å². The van der Waals surface area contributed by atoms with Crippen LogP contribution in [-0.4, -0.2) is 43.1 Å². The number of para-hydroxylation sites is 1. The van der Waals surface area contributed by atoms with E-state index in [0.29, 0.717) is 17.3 Å². The average molecular weight is 568 g/mol. The lowest BCUT2D eigenvalue weighted by molar-refractivity contribution is -0.116. The molecule has 9 heteroatoms. The van der Waals surface area contributed by atoms with Crippen LogP contribution in [0.25, 0.3) is 5.69 Å². The first-order chi connectivity index (χ1) is 19.7. The van der Waals surface area contributed by atoms with E-state index in [1.165, 1.54) is 0 Å². The molecule has 2 aromatic heterocycles. The summed E-state index contributed by atoms with van der Waals surface area (Å²) < 4.78 is 1.97. The van der Waals surface area contributed by atoms with Gasteiger partial charge in [0.15, 0.2) is 5.11 Å². The summed E-state index contributed by atoms with van der Waals surface area (Å²) in [6, 6.07) is 20.3. The second kappa shape index (κ2) is 11.5. The van der Waals surface area contributed by atoms with E-state index < -0.39 is 5.97 Å². The largest absolute Gasteiger partial charge is 0.478 e. The molecule has 1 aliphatic heterocycles. The summed E-state index contributed by atoms with van der Waals surface area (Å²) in [6.45, 7) is 8.32. The third kappa shape index (κ3) is 5.58. The molecule has 0 aliphatic carbocycles. The Morgan fingerprint density at radius 1 is 1.02 bits per heavy atom. The van der Waals surface area contributed by atoms with Crippen molar-refractivity contribution in [1.82, 2.24) is 19.8 Å². The first kappa shape index (κ1) is 28.0. The Kier molecular flexibility index (Phi) is 7.90. The molecule has 4 aromatic rings. The van der Waals surface area contributed by atoms with Crippen molar-refractivity contribution >= 4 is 34.9 Å². The van der Waals surface area contributed by atoms with Crippen molar-refractivity contribution in [1.29, 1.82) is 0 Å². The summed E-state index contributed by atoms with van der Waals surface area (Å²) in [5.74, 6) is -1.08. The standard InChI is InChI=1S/C32H33N5O3S/c1-19-12-13-20(2)26(17-19)34-28(38)14-16-36-30(29(35-32(36)41)25-10-7-8-15-33-25)24-18-21(3)37(22(24)4)27-11-6-5-9-23(27)31(39)40/h5-13,15,17-18,29-30H,14,16H2,1-4H3,(H,34,38)(H,35,41)(H,39,40)/t29-,30-/m1/s1. The molecular formula is C32H33N5O3S. The Bertz CT molecular complexity index is 1630. The fraction of sp³-hybridized carbons (Fsp3) is 0.250. The number of carboxylic acids is 1. The van der Waals surface area contributed by atoms with Crippen molar-refractivity contribution in [3.63, 3.8) is 0 Å². The molecule has 1 aliphatic rings. The molecule has 0 unspecified atom stereocenters. The van der Waals surface area contributed by atoms with E-state index in [2.05, 4.69) is 21.7 Å². The predicted octanol–water partition coefficient (Wildman–Crippen LogP) is 5.81. The number of aryl methyl sites for hydroxylation is 3. The predicted molar refractivity (Wildman–Crippen MR) is 164 cm³/mol. The average Bonchev–Trinajstić information content (AvgIpc) is 3.44. The minimum absolute atomic E-state index is 0.0950. The third-order valence-corrected chi connectivity index (χ3v) is 7.96. The van der Waals surface area contributed by atoms with Gasteiger partial charge < -0.3 is 25.2 Å². The van der Waals surface area contributed by atoms with Gasteiger partial charge in [-0.1, -0.05) is 30.3 Å². The summed E-state index contributed by atoms with van der Waals surface area (Å²) in [4.78, 5) is 31.8. The number of nitrogens with one attached hydrogen (secondary N) is 2. The van der Waals surface area contributed by atoms with Crippen LogP contribution in [0.15, 0.2) is 72.9 Å².